The maximum absolute atomic E-state index is 11.3. The quantitative estimate of drug-likeness (QED) is 0.384. The van der Waals surface area contributed by atoms with Crippen LogP contribution >= 0.6 is 0 Å². The second-order valence-electron chi connectivity index (χ2n) is 9.71. The molecule has 1 N–H and O–H groups in total. The minimum atomic E-state index is -0.571. The van der Waals surface area contributed by atoms with Gasteiger partial charge in [-0.15, -0.1) is 0 Å². The van der Waals surface area contributed by atoms with Gasteiger partial charge in [0.2, 0.25) is 0 Å². The molecule has 2 fully saturated rings. The molecule has 0 spiro atoms. The Morgan fingerprint density at radius 2 is 1.47 bits per heavy atom. The molecular weight excluding hydrogens is 364 g/mol. The summed E-state index contributed by atoms with van der Waals surface area (Å²) in [5.74, 6) is 2.70. The van der Waals surface area contributed by atoms with Crippen LogP contribution in [-0.2, 0) is 0 Å². The zero-order valence-corrected chi connectivity index (χ0v) is 23.0. The van der Waals surface area contributed by atoms with Crippen LogP contribution in [0, 0.1) is 29.1 Å². The second kappa shape index (κ2) is 16.3. The van der Waals surface area contributed by atoms with Crippen molar-refractivity contribution >= 4 is 0 Å². The normalized spacial score (nSPS) is 26.4. The van der Waals surface area contributed by atoms with Crippen molar-refractivity contribution in [3.8, 4) is 0 Å². The molecule has 4 unspecified atom stereocenters. The van der Waals surface area contributed by atoms with Gasteiger partial charge in [-0.3, -0.25) is 0 Å². The van der Waals surface area contributed by atoms with Gasteiger partial charge in [-0.25, -0.2) is 0 Å². The van der Waals surface area contributed by atoms with Crippen molar-refractivity contribution in [1.29, 1.82) is 0 Å². The highest BCUT2D eigenvalue weighted by molar-refractivity contribution is 5.09. The summed E-state index contributed by atoms with van der Waals surface area (Å²) in [6.45, 7) is 27.9. The molecule has 2 aliphatic rings. The van der Waals surface area contributed by atoms with Gasteiger partial charge in [0.15, 0.2) is 0 Å². The summed E-state index contributed by atoms with van der Waals surface area (Å²) in [6, 6.07) is 0. The summed E-state index contributed by atoms with van der Waals surface area (Å²) >= 11 is 0. The van der Waals surface area contributed by atoms with E-state index in [2.05, 4.69) is 41.2 Å². The van der Waals surface area contributed by atoms with E-state index in [1.807, 2.05) is 41.5 Å². The Labute approximate surface area is 192 Å². The number of rotatable bonds is 8. The maximum atomic E-state index is 11.3. The first kappa shape index (κ1) is 31.9. The lowest BCUT2D eigenvalue weighted by Gasteiger charge is -2.38. The molecule has 0 heterocycles. The topological polar surface area (TPSA) is 20.2 Å². The molecular formula is C29H60O. The van der Waals surface area contributed by atoms with Gasteiger partial charge in [0.1, 0.15) is 0 Å². The fourth-order valence-corrected chi connectivity index (χ4v) is 6.02. The van der Waals surface area contributed by atoms with Gasteiger partial charge in [-0.2, -0.15) is 0 Å². The van der Waals surface area contributed by atoms with Crippen molar-refractivity contribution in [2.24, 2.45) is 29.1 Å². The SMILES string of the molecule is C=C(CC(C)(O)C1CC(CC)CC1CC)CC1(C(C)C)CCCC1.CC.CC.CC. The van der Waals surface area contributed by atoms with E-state index < -0.39 is 5.60 Å². The highest BCUT2D eigenvalue weighted by Gasteiger charge is 2.44. The van der Waals surface area contributed by atoms with Crippen molar-refractivity contribution in [3.05, 3.63) is 12.2 Å². The van der Waals surface area contributed by atoms with Gasteiger partial charge in [0.25, 0.3) is 0 Å². The number of hydrogen-bond acceptors (Lipinski definition) is 1. The molecule has 1 heteroatoms. The molecule has 2 aliphatic carbocycles. The molecule has 1 nitrogen and oxygen atoms in total. The highest BCUT2D eigenvalue weighted by Crippen LogP contribution is 2.51. The van der Waals surface area contributed by atoms with Crippen molar-refractivity contribution in [3.63, 3.8) is 0 Å². The molecule has 0 amide bonds. The Kier molecular flexibility index (Phi) is 17.4. The first-order valence-corrected chi connectivity index (χ1v) is 13.6. The van der Waals surface area contributed by atoms with E-state index in [-0.39, 0.29) is 0 Å². The smallest absolute Gasteiger partial charge is 0.0687 e. The van der Waals surface area contributed by atoms with Gasteiger partial charge in [-0.1, -0.05) is 107 Å². The molecule has 182 valence electrons. The standard InChI is InChI=1S/C23H42O.3C2H6/c1-7-19-13-20(8-2)21(14-19)22(6,24)15-18(5)16-23(17(3)4)11-9-10-12-23;3*1-2/h17,19-21,24H,5,7-16H2,1-4,6H3;3*1-2H3. The first-order valence-electron chi connectivity index (χ1n) is 13.6. The van der Waals surface area contributed by atoms with Crippen LogP contribution in [0.3, 0.4) is 0 Å². The molecule has 4 atom stereocenters. The Morgan fingerprint density at radius 1 is 0.967 bits per heavy atom. The van der Waals surface area contributed by atoms with Crippen molar-refractivity contribution in [1.82, 2.24) is 0 Å². The summed E-state index contributed by atoms with van der Waals surface area (Å²) < 4.78 is 0. The van der Waals surface area contributed by atoms with Crippen LogP contribution in [-0.4, -0.2) is 10.7 Å². The lowest BCUT2D eigenvalue weighted by Crippen LogP contribution is -2.38. The van der Waals surface area contributed by atoms with Crippen LogP contribution in [0.25, 0.3) is 0 Å². The third-order valence-corrected chi connectivity index (χ3v) is 7.73. The van der Waals surface area contributed by atoms with Gasteiger partial charge >= 0.3 is 0 Å². The van der Waals surface area contributed by atoms with Gasteiger partial charge in [0, 0.05) is 0 Å². The predicted molar refractivity (Wildman–Crippen MR) is 139 cm³/mol. The highest BCUT2D eigenvalue weighted by atomic mass is 16.3. The number of aliphatic hydroxyl groups is 1. The molecule has 0 saturated heterocycles. The zero-order valence-electron chi connectivity index (χ0n) is 23.0. The summed E-state index contributed by atoms with van der Waals surface area (Å²) in [5.41, 5.74) is 1.18. The van der Waals surface area contributed by atoms with Gasteiger partial charge < -0.3 is 5.11 Å². The Morgan fingerprint density at radius 3 is 1.87 bits per heavy atom. The maximum Gasteiger partial charge on any atom is 0.0687 e. The lowest BCUT2D eigenvalue weighted by atomic mass is 9.69. The predicted octanol–water partition coefficient (Wildman–Crippen LogP) is 9.83. The lowest BCUT2D eigenvalue weighted by molar-refractivity contribution is -0.0201. The average Bonchev–Trinajstić information content (AvgIpc) is 3.40. The minimum Gasteiger partial charge on any atom is -0.390 e. The van der Waals surface area contributed by atoms with E-state index in [4.69, 9.17) is 0 Å². The van der Waals surface area contributed by atoms with E-state index in [1.165, 1.54) is 56.9 Å². The molecule has 0 radical (unpaired) electrons. The fourth-order valence-electron chi connectivity index (χ4n) is 6.02. The van der Waals surface area contributed by atoms with Crippen molar-refractivity contribution < 1.29 is 5.11 Å². The minimum absolute atomic E-state index is 0.457. The van der Waals surface area contributed by atoms with E-state index in [0.29, 0.717) is 17.3 Å². The zero-order chi connectivity index (χ0) is 24.0. The van der Waals surface area contributed by atoms with Crippen LogP contribution in [0.1, 0.15) is 140 Å². The third-order valence-electron chi connectivity index (χ3n) is 7.73. The Bertz CT molecular complexity index is 414. The molecule has 0 aromatic rings. The van der Waals surface area contributed by atoms with Crippen LogP contribution in [0.15, 0.2) is 12.2 Å². The summed E-state index contributed by atoms with van der Waals surface area (Å²) in [4.78, 5) is 0. The van der Waals surface area contributed by atoms with E-state index in [1.54, 1.807) is 0 Å². The number of hydrogen-bond donors (Lipinski definition) is 1. The molecule has 0 bridgehead atoms. The van der Waals surface area contributed by atoms with Crippen molar-refractivity contribution in [2.45, 2.75) is 146 Å². The van der Waals surface area contributed by atoms with Crippen molar-refractivity contribution in [2.75, 3.05) is 0 Å². The fraction of sp³-hybridized carbons (Fsp3) is 0.931. The van der Waals surface area contributed by atoms with Crippen LogP contribution in [0.5, 0.6) is 0 Å². The van der Waals surface area contributed by atoms with E-state index >= 15 is 0 Å². The summed E-state index contributed by atoms with van der Waals surface area (Å²) in [6.07, 6.45) is 12.4. The molecule has 2 rings (SSSR count). The first-order chi connectivity index (χ1) is 14.2. The Hall–Kier alpha value is -0.300. The molecule has 0 aliphatic heterocycles. The summed E-state index contributed by atoms with van der Waals surface area (Å²) in [5, 5.41) is 11.3. The van der Waals surface area contributed by atoms with Gasteiger partial charge in [-0.05, 0) is 74.5 Å². The molecule has 30 heavy (non-hydrogen) atoms. The van der Waals surface area contributed by atoms with Crippen LogP contribution in [0.2, 0.25) is 0 Å². The third kappa shape index (κ3) is 9.05. The average molecular weight is 425 g/mol. The van der Waals surface area contributed by atoms with Crippen LogP contribution in [0.4, 0.5) is 0 Å². The molecule has 0 aromatic carbocycles. The van der Waals surface area contributed by atoms with Crippen LogP contribution < -0.4 is 0 Å². The Balaban J connectivity index is 0. The van der Waals surface area contributed by atoms with E-state index in [0.717, 1.165) is 24.7 Å². The molecule has 2 saturated carbocycles. The largest absolute Gasteiger partial charge is 0.390 e. The molecule has 0 aromatic heterocycles. The monoisotopic (exact) mass is 424 g/mol. The van der Waals surface area contributed by atoms with E-state index in [9.17, 15) is 5.11 Å². The summed E-state index contributed by atoms with van der Waals surface area (Å²) in [7, 11) is 0. The second-order valence-corrected chi connectivity index (χ2v) is 9.71. The van der Waals surface area contributed by atoms with Gasteiger partial charge in [0.05, 0.1) is 5.60 Å².